The second-order valence-corrected chi connectivity index (χ2v) is 3.74. The van der Waals surface area contributed by atoms with Gasteiger partial charge in [0.25, 0.3) is 0 Å². The fraction of sp³-hybridized carbons (Fsp3) is 0.333. The third-order valence-corrected chi connectivity index (χ3v) is 2.56. The van der Waals surface area contributed by atoms with E-state index in [1.807, 2.05) is 13.0 Å². The quantitative estimate of drug-likeness (QED) is 0.806. The van der Waals surface area contributed by atoms with Crippen LogP contribution in [0.15, 0.2) is 29.0 Å². The Morgan fingerprint density at radius 1 is 1.53 bits per heavy atom. The van der Waals surface area contributed by atoms with Crippen LogP contribution in [0.5, 0.6) is 0 Å². The van der Waals surface area contributed by atoms with E-state index in [1.54, 1.807) is 25.4 Å². The Labute approximate surface area is 98.9 Å². The second-order valence-electron chi connectivity index (χ2n) is 3.74. The highest BCUT2D eigenvalue weighted by Crippen LogP contribution is 2.20. The molecule has 2 aromatic rings. The third kappa shape index (κ3) is 2.38. The molecule has 2 aromatic heterocycles. The number of hydrogen-bond acceptors (Lipinski definition) is 5. The summed E-state index contributed by atoms with van der Waals surface area (Å²) < 4.78 is 5.09. The molecule has 2 heterocycles. The van der Waals surface area contributed by atoms with Crippen molar-refractivity contribution in [1.82, 2.24) is 15.1 Å². The summed E-state index contributed by atoms with van der Waals surface area (Å²) in [5.41, 5.74) is 0.777. The summed E-state index contributed by atoms with van der Waals surface area (Å²) in [6.45, 7) is 3.59. The van der Waals surface area contributed by atoms with Crippen LogP contribution in [0.1, 0.15) is 32.1 Å². The first-order valence-corrected chi connectivity index (χ1v) is 5.49. The lowest BCUT2D eigenvalue weighted by atomic mass is 10.1. The van der Waals surface area contributed by atoms with E-state index in [1.165, 1.54) is 0 Å². The molecule has 0 amide bonds. The normalized spacial score (nSPS) is 12.4. The Morgan fingerprint density at radius 3 is 3.00 bits per heavy atom. The highest BCUT2D eigenvalue weighted by molar-refractivity contribution is 5.84. The van der Waals surface area contributed by atoms with Crippen LogP contribution in [0, 0.1) is 0 Å². The van der Waals surface area contributed by atoms with Crippen LogP contribution in [0.2, 0.25) is 0 Å². The summed E-state index contributed by atoms with van der Waals surface area (Å²) >= 11 is 0. The topological polar surface area (TPSA) is 68.9 Å². The molecule has 0 bridgehead atoms. The maximum atomic E-state index is 11.5. The maximum absolute atomic E-state index is 11.5. The maximum Gasteiger partial charge on any atom is 0.237 e. The lowest BCUT2D eigenvalue weighted by molar-refractivity contribution is -0.120. The molecule has 0 aromatic carbocycles. The van der Waals surface area contributed by atoms with E-state index in [0.29, 0.717) is 18.1 Å². The second kappa shape index (κ2) is 4.86. The number of Topliss-reactive ketones (excluding diaryl/α,β-unsaturated/α-hetero) is 1. The van der Waals surface area contributed by atoms with Crippen molar-refractivity contribution in [3.05, 3.63) is 30.4 Å². The van der Waals surface area contributed by atoms with Crippen molar-refractivity contribution in [3.8, 4) is 11.4 Å². The molecule has 0 aliphatic rings. The van der Waals surface area contributed by atoms with E-state index in [4.69, 9.17) is 4.52 Å². The van der Waals surface area contributed by atoms with Gasteiger partial charge in [0.2, 0.25) is 11.7 Å². The number of pyridine rings is 1. The fourth-order valence-electron chi connectivity index (χ4n) is 1.47. The molecule has 0 aliphatic carbocycles. The van der Waals surface area contributed by atoms with Gasteiger partial charge in [0.1, 0.15) is 5.78 Å². The monoisotopic (exact) mass is 231 g/mol. The molecule has 5 nitrogen and oxygen atoms in total. The van der Waals surface area contributed by atoms with E-state index >= 15 is 0 Å². The summed E-state index contributed by atoms with van der Waals surface area (Å²) in [5, 5.41) is 3.85. The van der Waals surface area contributed by atoms with Crippen molar-refractivity contribution < 1.29 is 9.32 Å². The lowest BCUT2D eigenvalue weighted by Crippen LogP contribution is -2.07. The first-order valence-electron chi connectivity index (χ1n) is 5.49. The third-order valence-electron chi connectivity index (χ3n) is 2.56. The zero-order valence-corrected chi connectivity index (χ0v) is 9.75. The van der Waals surface area contributed by atoms with E-state index in [-0.39, 0.29) is 11.7 Å². The predicted molar refractivity (Wildman–Crippen MR) is 61.2 cm³/mol. The summed E-state index contributed by atoms with van der Waals surface area (Å²) in [5.74, 6) is 0.559. The van der Waals surface area contributed by atoms with Gasteiger partial charge in [0, 0.05) is 24.4 Å². The summed E-state index contributed by atoms with van der Waals surface area (Å²) in [7, 11) is 0. The number of carbonyl (C=O) groups is 1. The zero-order valence-electron chi connectivity index (χ0n) is 9.75. The largest absolute Gasteiger partial charge is 0.338 e. The highest BCUT2D eigenvalue weighted by Gasteiger charge is 2.20. The number of ketones is 1. The molecular formula is C12H13N3O2. The molecule has 0 N–H and O–H groups in total. The van der Waals surface area contributed by atoms with Crippen LogP contribution < -0.4 is 0 Å². The molecule has 1 atom stereocenters. The van der Waals surface area contributed by atoms with Gasteiger partial charge in [-0.1, -0.05) is 12.1 Å². The molecule has 0 radical (unpaired) electrons. The van der Waals surface area contributed by atoms with E-state index in [2.05, 4.69) is 15.1 Å². The molecule has 17 heavy (non-hydrogen) atoms. The number of hydrogen-bond donors (Lipinski definition) is 0. The van der Waals surface area contributed by atoms with Gasteiger partial charge in [-0.05, 0) is 19.1 Å². The van der Waals surface area contributed by atoms with Crippen molar-refractivity contribution in [2.24, 2.45) is 0 Å². The molecule has 5 heteroatoms. The van der Waals surface area contributed by atoms with Crippen LogP contribution >= 0.6 is 0 Å². The molecule has 0 saturated carbocycles. The van der Waals surface area contributed by atoms with Gasteiger partial charge in [-0.25, -0.2) is 0 Å². The Bertz CT molecular complexity index is 507. The standard InChI is InChI=1S/C12H13N3O2/c1-3-10(16)8(2)12-14-11(15-17-12)9-5-4-6-13-7-9/h4-8H,3H2,1-2H3. The average Bonchev–Trinajstić information content (AvgIpc) is 2.87. The minimum atomic E-state index is -0.349. The molecule has 0 fully saturated rings. The SMILES string of the molecule is CCC(=O)C(C)c1nc(-c2cccnc2)no1. The molecule has 0 aliphatic heterocycles. The van der Waals surface area contributed by atoms with E-state index < -0.39 is 0 Å². The Morgan fingerprint density at radius 2 is 2.35 bits per heavy atom. The number of carbonyl (C=O) groups excluding carboxylic acids is 1. The minimum Gasteiger partial charge on any atom is -0.338 e. The molecule has 2 rings (SSSR count). The van der Waals surface area contributed by atoms with Gasteiger partial charge >= 0.3 is 0 Å². The molecule has 88 valence electrons. The van der Waals surface area contributed by atoms with Crippen LogP contribution in [0.25, 0.3) is 11.4 Å². The smallest absolute Gasteiger partial charge is 0.237 e. The molecule has 1 unspecified atom stereocenters. The van der Waals surface area contributed by atoms with Crippen LogP contribution in [0.4, 0.5) is 0 Å². The van der Waals surface area contributed by atoms with Crippen LogP contribution in [0.3, 0.4) is 0 Å². The number of rotatable bonds is 4. The van der Waals surface area contributed by atoms with Crippen molar-refractivity contribution in [2.45, 2.75) is 26.2 Å². The Balaban J connectivity index is 2.25. The minimum absolute atomic E-state index is 0.0892. The number of nitrogens with zero attached hydrogens (tertiary/aromatic N) is 3. The number of aromatic nitrogens is 3. The summed E-state index contributed by atoms with van der Waals surface area (Å²) in [4.78, 5) is 19.7. The van der Waals surface area contributed by atoms with E-state index in [0.717, 1.165) is 5.56 Å². The van der Waals surface area contributed by atoms with Crippen molar-refractivity contribution in [1.29, 1.82) is 0 Å². The Kier molecular flexibility index (Phi) is 3.27. The van der Waals surface area contributed by atoms with Crippen LogP contribution in [-0.4, -0.2) is 20.9 Å². The van der Waals surface area contributed by atoms with Crippen molar-refractivity contribution in [3.63, 3.8) is 0 Å². The predicted octanol–water partition coefficient (Wildman–Crippen LogP) is 2.21. The van der Waals surface area contributed by atoms with Gasteiger partial charge in [-0.2, -0.15) is 4.98 Å². The molecular weight excluding hydrogens is 218 g/mol. The fourth-order valence-corrected chi connectivity index (χ4v) is 1.47. The summed E-state index contributed by atoms with van der Waals surface area (Å²) in [6.07, 6.45) is 3.79. The van der Waals surface area contributed by atoms with Gasteiger partial charge in [-0.15, -0.1) is 0 Å². The van der Waals surface area contributed by atoms with Crippen molar-refractivity contribution in [2.75, 3.05) is 0 Å². The first-order chi connectivity index (χ1) is 8.22. The highest BCUT2D eigenvalue weighted by atomic mass is 16.5. The Hall–Kier alpha value is -2.04. The van der Waals surface area contributed by atoms with Gasteiger partial charge in [0.05, 0.1) is 5.92 Å². The van der Waals surface area contributed by atoms with E-state index in [9.17, 15) is 4.79 Å². The van der Waals surface area contributed by atoms with Crippen molar-refractivity contribution >= 4 is 5.78 Å². The van der Waals surface area contributed by atoms with Crippen LogP contribution in [-0.2, 0) is 4.79 Å². The van der Waals surface area contributed by atoms with Gasteiger partial charge < -0.3 is 4.52 Å². The van der Waals surface area contributed by atoms with Gasteiger partial charge in [0.15, 0.2) is 0 Å². The first kappa shape index (κ1) is 11.4. The molecule has 0 saturated heterocycles. The summed E-state index contributed by atoms with van der Waals surface area (Å²) in [6, 6.07) is 3.64. The zero-order chi connectivity index (χ0) is 12.3. The lowest BCUT2D eigenvalue weighted by Gasteiger charge is -2.01. The molecule has 0 spiro atoms. The average molecular weight is 231 g/mol. The van der Waals surface area contributed by atoms with Gasteiger partial charge in [-0.3, -0.25) is 9.78 Å².